The van der Waals surface area contributed by atoms with Crippen LogP contribution in [-0.2, 0) is 6.42 Å². The Hall–Kier alpha value is -2.21. The number of fused-ring (bicyclic) bond motifs is 1. The van der Waals surface area contributed by atoms with E-state index in [1.165, 1.54) is 29.7 Å². The molecule has 4 rings (SSSR count). The van der Waals surface area contributed by atoms with Crippen LogP contribution < -0.4 is 5.32 Å². The summed E-state index contributed by atoms with van der Waals surface area (Å²) in [5.41, 5.74) is 3.53. The van der Waals surface area contributed by atoms with E-state index in [0.29, 0.717) is 6.04 Å². The summed E-state index contributed by atoms with van der Waals surface area (Å²) < 4.78 is 1.67. The van der Waals surface area contributed by atoms with Crippen molar-refractivity contribution in [2.75, 3.05) is 5.32 Å². The summed E-state index contributed by atoms with van der Waals surface area (Å²) >= 11 is 1.87. The first kappa shape index (κ1) is 12.5. The SMILES string of the molecule is c1cc(NC2CCCc3sccc32)cc(-n2cnnn2)c1. The lowest BCUT2D eigenvalue weighted by Gasteiger charge is -2.25. The Morgan fingerprint density at radius 1 is 1.29 bits per heavy atom. The maximum atomic E-state index is 3.93. The van der Waals surface area contributed by atoms with Crippen LogP contribution >= 0.6 is 11.3 Å². The van der Waals surface area contributed by atoms with Crippen LogP contribution in [0.25, 0.3) is 5.69 Å². The lowest BCUT2D eigenvalue weighted by molar-refractivity contribution is 0.609. The molecule has 1 aliphatic rings. The first-order chi connectivity index (χ1) is 10.4. The number of nitrogens with one attached hydrogen (secondary N) is 1. The highest BCUT2D eigenvalue weighted by Gasteiger charge is 2.20. The number of tetrazole rings is 1. The number of thiophene rings is 1. The number of nitrogens with zero attached hydrogens (tertiary/aromatic N) is 4. The largest absolute Gasteiger partial charge is 0.378 e. The summed E-state index contributed by atoms with van der Waals surface area (Å²) in [5, 5.41) is 17.1. The summed E-state index contributed by atoms with van der Waals surface area (Å²) in [6.45, 7) is 0. The van der Waals surface area contributed by atoms with Gasteiger partial charge in [-0.2, -0.15) is 0 Å². The van der Waals surface area contributed by atoms with Crippen LogP contribution in [0.4, 0.5) is 5.69 Å². The van der Waals surface area contributed by atoms with E-state index in [2.05, 4.69) is 44.4 Å². The van der Waals surface area contributed by atoms with Crippen LogP contribution in [0.2, 0.25) is 0 Å². The summed E-state index contributed by atoms with van der Waals surface area (Å²) in [7, 11) is 0. The van der Waals surface area contributed by atoms with Crippen LogP contribution in [0.3, 0.4) is 0 Å². The highest BCUT2D eigenvalue weighted by molar-refractivity contribution is 7.10. The molecule has 0 bridgehead atoms. The summed E-state index contributed by atoms with van der Waals surface area (Å²) in [5.74, 6) is 0. The quantitative estimate of drug-likeness (QED) is 0.806. The molecule has 1 unspecified atom stereocenters. The Labute approximate surface area is 126 Å². The van der Waals surface area contributed by atoms with E-state index < -0.39 is 0 Å². The minimum absolute atomic E-state index is 0.407. The monoisotopic (exact) mass is 297 g/mol. The Balaban J connectivity index is 1.60. The first-order valence-corrected chi connectivity index (χ1v) is 7.94. The van der Waals surface area contributed by atoms with Gasteiger partial charge in [-0.15, -0.1) is 16.4 Å². The Bertz CT molecular complexity index is 734. The molecule has 1 aliphatic carbocycles. The van der Waals surface area contributed by atoms with Crippen molar-refractivity contribution in [1.29, 1.82) is 0 Å². The van der Waals surface area contributed by atoms with E-state index in [0.717, 1.165) is 11.4 Å². The van der Waals surface area contributed by atoms with Crippen molar-refractivity contribution in [2.24, 2.45) is 0 Å². The van der Waals surface area contributed by atoms with E-state index in [1.807, 2.05) is 23.5 Å². The Kier molecular flexibility index (Phi) is 3.16. The van der Waals surface area contributed by atoms with Crippen LogP contribution in [0.15, 0.2) is 42.0 Å². The average molecular weight is 297 g/mol. The zero-order valence-electron chi connectivity index (χ0n) is 11.4. The number of aryl methyl sites for hydroxylation is 1. The van der Waals surface area contributed by atoms with Gasteiger partial charge in [-0.3, -0.25) is 0 Å². The first-order valence-electron chi connectivity index (χ1n) is 7.06. The predicted octanol–water partition coefficient (Wildman–Crippen LogP) is 3.21. The highest BCUT2D eigenvalue weighted by atomic mass is 32.1. The molecule has 0 fully saturated rings. The van der Waals surface area contributed by atoms with Gasteiger partial charge in [-0.05, 0) is 64.9 Å². The Morgan fingerprint density at radius 3 is 3.19 bits per heavy atom. The average Bonchev–Trinajstić information content (AvgIpc) is 3.20. The molecule has 1 atom stereocenters. The molecule has 2 aromatic heterocycles. The molecule has 0 spiro atoms. The zero-order valence-corrected chi connectivity index (χ0v) is 12.3. The van der Waals surface area contributed by atoms with Gasteiger partial charge in [0.25, 0.3) is 0 Å². The third-order valence-electron chi connectivity index (χ3n) is 3.85. The second-order valence-corrected chi connectivity index (χ2v) is 6.19. The molecule has 0 saturated carbocycles. The van der Waals surface area contributed by atoms with Crippen molar-refractivity contribution in [3.8, 4) is 5.69 Å². The number of anilines is 1. The molecule has 106 valence electrons. The molecule has 0 aliphatic heterocycles. The van der Waals surface area contributed by atoms with Crippen LogP contribution in [-0.4, -0.2) is 20.2 Å². The lowest BCUT2D eigenvalue weighted by atomic mass is 9.94. The van der Waals surface area contributed by atoms with Gasteiger partial charge in [0.1, 0.15) is 6.33 Å². The van der Waals surface area contributed by atoms with Gasteiger partial charge in [0, 0.05) is 10.6 Å². The third-order valence-corrected chi connectivity index (χ3v) is 4.85. The molecule has 3 aromatic rings. The number of hydrogen-bond donors (Lipinski definition) is 1. The highest BCUT2D eigenvalue weighted by Crippen LogP contribution is 2.35. The van der Waals surface area contributed by atoms with Gasteiger partial charge in [0.05, 0.1) is 11.7 Å². The second kappa shape index (κ2) is 5.29. The predicted molar refractivity (Wildman–Crippen MR) is 82.8 cm³/mol. The van der Waals surface area contributed by atoms with Gasteiger partial charge >= 0.3 is 0 Å². The van der Waals surface area contributed by atoms with Gasteiger partial charge < -0.3 is 5.32 Å². The lowest BCUT2D eigenvalue weighted by Crippen LogP contribution is -2.15. The van der Waals surface area contributed by atoms with Crippen molar-refractivity contribution in [3.63, 3.8) is 0 Å². The van der Waals surface area contributed by atoms with Crippen molar-refractivity contribution in [1.82, 2.24) is 20.2 Å². The molecule has 1 N–H and O–H groups in total. The number of aromatic nitrogens is 4. The number of hydrogen-bond acceptors (Lipinski definition) is 5. The van der Waals surface area contributed by atoms with E-state index in [9.17, 15) is 0 Å². The van der Waals surface area contributed by atoms with Crippen LogP contribution in [0.1, 0.15) is 29.3 Å². The molecule has 0 saturated heterocycles. The second-order valence-electron chi connectivity index (χ2n) is 5.19. The van der Waals surface area contributed by atoms with Crippen molar-refractivity contribution in [3.05, 3.63) is 52.5 Å². The molecule has 21 heavy (non-hydrogen) atoms. The molecule has 1 aromatic carbocycles. The molecule has 0 radical (unpaired) electrons. The molecular weight excluding hydrogens is 282 g/mol. The fraction of sp³-hybridized carbons (Fsp3) is 0.267. The summed E-state index contributed by atoms with van der Waals surface area (Å²) in [6.07, 6.45) is 5.25. The molecular formula is C15H15N5S. The Morgan fingerprint density at radius 2 is 2.29 bits per heavy atom. The van der Waals surface area contributed by atoms with E-state index >= 15 is 0 Å². The standard InChI is InChI=1S/C15H15N5S/c1-3-11(9-12(4-1)20-10-16-18-19-20)17-14-5-2-6-15-13(14)7-8-21-15/h1,3-4,7-10,14,17H,2,5-6H2. The molecule has 6 heteroatoms. The van der Waals surface area contributed by atoms with E-state index in [1.54, 1.807) is 11.0 Å². The van der Waals surface area contributed by atoms with Crippen molar-refractivity contribution in [2.45, 2.75) is 25.3 Å². The number of benzene rings is 1. The fourth-order valence-electron chi connectivity index (χ4n) is 2.86. The van der Waals surface area contributed by atoms with Gasteiger partial charge in [-0.1, -0.05) is 6.07 Å². The smallest absolute Gasteiger partial charge is 0.143 e. The van der Waals surface area contributed by atoms with Gasteiger partial charge in [0.15, 0.2) is 0 Å². The molecule has 5 nitrogen and oxygen atoms in total. The maximum Gasteiger partial charge on any atom is 0.143 e. The van der Waals surface area contributed by atoms with E-state index in [4.69, 9.17) is 0 Å². The summed E-state index contributed by atoms with van der Waals surface area (Å²) in [4.78, 5) is 1.52. The third kappa shape index (κ3) is 2.42. The van der Waals surface area contributed by atoms with Gasteiger partial charge in [-0.25, -0.2) is 4.68 Å². The topological polar surface area (TPSA) is 55.6 Å². The number of rotatable bonds is 3. The fourth-order valence-corrected chi connectivity index (χ4v) is 3.84. The molecule has 2 heterocycles. The molecule has 0 amide bonds. The van der Waals surface area contributed by atoms with Crippen molar-refractivity contribution >= 4 is 17.0 Å². The maximum absolute atomic E-state index is 3.93. The summed E-state index contributed by atoms with van der Waals surface area (Å²) in [6, 6.07) is 10.9. The van der Waals surface area contributed by atoms with E-state index in [-0.39, 0.29) is 0 Å². The minimum atomic E-state index is 0.407. The van der Waals surface area contributed by atoms with Crippen molar-refractivity contribution < 1.29 is 0 Å². The normalized spacial score (nSPS) is 17.4. The van der Waals surface area contributed by atoms with Crippen LogP contribution in [0, 0.1) is 0 Å². The minimum Gasteiger partial charge on any atom is -0.378 e. The van der Waals surface area contributed by atoms with Crippen LogP contribution in [0.5, 0.6) is 0 Å². The van der Waals surface area contributed by atoms with Gasteiger partial charge in [0.2, 0.25) is 0 Å². The zero-order chi connectivity index (χ0) is 14.1.